The summed E-state index contributed by atoms with van der Waals surface area (Å²) >= 11 is 0. The fraction of sp³-hybridized carbons (Fsp3) is 0.304. The molecule has 10 heteroatoms. The van der Waals surface area contributed by atoms with E-state index in [2.05, 4.69) is 17.2 Å². The Balaban J connectivity index is 1.53. The van der Waals surface area contributed by atoms with Gasteiger partial charge in [-0.25, -0.2) is 8.42 Å². The van der Waals surface area contributed by atoms with Crippen molar-refractivity contribution in [2.75, 3.05) is 33.9 Å². The molecule has 0 radical (unpaired) electrons. The van der Waals surface area contributed by atoms with Crippen LogP contribution in [0.5, 0.6) is 11.5 Å². The van der Waals surface area contributed by atoms with Crippen LogP contribution in [0.25, 0.3) is 0 Å². The van der Waals surface area contributed by atoms with Crippen LogP contribution in [0.15, 0.2) is 60.0 Å². The van der Waals surface area contributed by atoms with Crippen molar-refractivity contribution in [2.45, 2.75) is 17.4 Å². The molecule has 0 spiro atoms. The van der Waals surface area contributed by atoms with Crippen molar-refractivity contribution in [3.8, 4) is 11.5 Å². The number of carbonyl (C=O) groups is 2. The molecule has 0 bridgehead atoms. The van der Waals surface area contributed by atoms with Gasteiger partial charge in [-0.15, -0.1) is 0 Å². The van der Waals surface area contributed by atoms with Crippen LogP contribution in [0.4, 0.5) is 0 Å². The monoisotopic (exact) mass is 473 g/mol. The number of ether oxygens (including phenoxy) is 2. The van der Waals surface area contributed by atoms with E-state index in [1.165, 1.54) is 28.6 Å². The largest absolute Gasteiger partial charge is 0.493 e. The first-order valence-electron chi connectivity index (χ1n) is 10.3. The Morgan fingerprint density at radius 1 is 1.09 bits per heavy atom. The molecule has 2 N–H and O–H groups in total. The minimum absolute atomic E-state index is 0.0953. The lowest BCUT2D eigenvalue weighted by molar-refractivity contribution is -0.117. The van der Waals surface area contributed by atoms with E-state index in [0.29, 0.717) is 30.0 Å². The molecule has 3 rings (SSSR count). The number of hydrogen-bond acceptors (Lipinski definition) is 6. The standard InChI is InChI=1S/C23H27N3O6S/c1-4-22(27)25-18-14-26(15-18)33(29,30)19-8-6-17(7-9-19)23(28)24-12-11-16-5-10-20(31-2)21(13-16)32-3/h4-10,13,18H,1,11-12,14-15H2,2-3H3,(H,24,28)(H,25,27). The van der Waals surface area contributed by atoms with E-state index < -0.39 is 10.0 Å². The smallest absolute Gasteiger partial charge is 0.251 e. The summed E-state index contributed by atoms with van der Waals surface area (Å²) in [5.41, 5.74) is 1.34. The normalized spacial score (nSPS) is 14.1. The number of rotatable bonds is 10. The van der Waals surface area contributed by atoms with Crippen LogP contribution in [0.1, 0.15) is 15.9 Å². The lowest BCUT2D eigenvalue weighted by Crippen LogP contribution is -2.60. The van der Waals surface area contributed by atoms with Crippen molar-refractivity contribution in [1.29, 1.82) is 0 Å². The number of methoxy groups -OCH3 is 2. The fourth-order valence-electron chi connectivity index (χ4n) is 3.37. The molecule has 1 aliphatic heterocycles. The zero-order chi connectivity index (χ0) is 24.0. The molecule has 176 valence electrons. The van der Waals surface area contributed by atoms with Crippen molar-refractivity contribution in [3.05, 3.63) is 66.2 Å². The Labute approximate surface area is 193 Å². The minimum Gasteiger partial charge on any atom is -0.493 e. The Bertz CT molecular complexity index is 1130. The van der Waals surface area contributed by atoms with Gasteiger partial charge in [0.25, 0.3) is 5.91 Å². The molecule has 33 heavy (non-hydrogen) atoms. The van der Waals surface area contributed by atoms with E-state index >= 15 is 0 Å². The van der Waals surface area contributed by atoms with Crippen LogP contribution < -0.4 is 20.1 Å². The van der Waals surface area contributed by atoms with Gasteiger partial charge in [0.15, 0.2) is 11.5 Å². The molecule has 2 aromatic carbocycles. The second kappa shape index (κ2) is 10.5. The summed E-state index contributed by atoms with van der Waals surface area (Å²) in [4.78, 5) is 23.8. The van der Waals surface area contributed by atoms with Gasteiger partial charge in [0, 0.05) is 25.2 Å². The highest BCUT2D eigenvalue weighted by Crippen LogP contribution is 2.27. The van der Waals surface area contributed by atoms with Gasteiger partial charge >= 0.3 is 0 Å². The maximum absolute atomic E-state index is 12.7. The van der Waals surface area contributed by atoms with Crippen LogP contribution in [0.2, 0.25) is 0 Å². The van der Waals surface area contributed by atoms with Crippen LogP contribution >= 0.6 is 0 Å². The molecule has 2 amide bonds. The molecule has 1 fully saturated rings. The van der Waals surface area contributed by atoms with Gasteiger partial charge in [-0.05, 0) is 54.5 Å². The fourth-order valence-corrected chi connectivity index (χ4v) is 4.90. The Kier molecular flexibility index (Phi) is 7.72. The predicted molar refractivity (Wildman–Crippen MR) is 123 cm³/mol. The van der Waals surface area contributed by atoms with Gasteiger partial charge in [-0.3, -0.25) is 9.59 Å². The quantitative estimate of drug-likeness (QED) is 0.504. The molecule has 2 aromatic rings. The summed E-state index contributed by atoms with van der Waals surface area (Å²) < 4.78 is 37.2. The second-order valence-electron chi connectivity index (χ2n) is 7.45. The van der Waals surface area contributed by atoms with Crippen LogP contribution in [-0.4, -0.2) is 64.4 Å². The molecule has 0 saturated carbocycles. The van der Waals surface area contributed by atoms with Crippen molar-refractivity contribution in [1.82, 2.24) is 14.9 Å². The zero-order valence-electron chi connectivity index (χ0n) is 18.5. The second-order valence-corrected chi connectivity index (χ2v) is 9.39. The van der Waals surface area contributed by atoms with E-state index in [9.17, 15) is 18.0 Å². The minimum atomic E-state index is -3.68. The number of sulfonamides is 1. The topological polar surface area (TPSA) is 114 Å². The number of nitrogens with zero attached hydrogens (tertiary/aromatic N) is 1. The third-order valence-corrected chi connectivity index (χ3v) is 7.13. The van der Waals surface area contributed by atoms with Crippen molar-refractivity contribution >= 4 is 21.8 Å². The molecule has 1 heterocycles. The van der Waals surface area contributed by atoms with Gasteiger partial charge in [0.1, 0.15) is 0 Å². The number of carbonyl (C=O) groups excluding carboxylic acids is 2. The lowest BCUT2D eigenvalue weighted by Gasteiger charge is -2.38. The summed E-state index contributed by atoms with van der Waals surface area (Å²) in [6.45, 7) is 4.16. The van der Waals surface area contributed by atoms with Crippen LogP contribution in [-0.2, 0) is 21.2 Å². The Morgan fingerprint density at radius 2 is 1.76 bits per heavy atom. The van der Waals surface area contributed by atoms with Gasteiger partial charge in [0.2, 0.25) is 15.9 Å². The van der Waals surface area contributed by atoms with E-state index in [0.717, 1.165) is 11.6 Å². The van der Waals surface area contributed by atoms with E-state index in [1.54, 1.807) is 14.2 Å². The Hall–Kier alpha value is -3.37. The lowest BCUT2D eigenvalue weighted by atomic mass is 10.1. The van der Waals surface area contributed by atoms with Crippen molar-refractivity contribution in [2.24, 2.45) is 0 Å². The van der Waals surface area contributed by atoms with Crippen molar-refractivity contribution in [3.63, 3.8) is 0 Å². The molecule has 0 atom stereocenters. The van der Waals surface area contributed by atoms with Gasteiger partial charge in [-0.1, -0.05) is 12.6 Å². The summed E-state index contributed by atoms with van der Waals surface area (Å²) in [5, 5.41) is 5.48. The zero-order valence-corrected chi connectivity index (χ0v) is 19.4. The first kappa shape index (κ1) is 24.3. The summed E-state index contributed by atoms with van der Waals surface area (Å²) in [5.74, 6) is 0.624. The van der Waals surface area contributed by atoms with Gasteiger partial charge < -0.3 is 20.1 Å². The summed E-state index contributed by atoms with van der Waals surface area (Å²) in [6, 6.07) is 11.1. The van der Waals surface area contributed by atoms with Gasteiger partial charge in [-0.2, -0.15) is 4.31 Å². The molecule has 9 nitrogen and oxygen atoms in total. The molecule has 0 unspecified atom stereocenters. The molecule has 1 saturated heterocycles. The Morgan fingerprint density at radius 3 is 2.36 bits per heavy atom. The maximum Gasteiger partial charge on any atom is 0.251 e. The first-order chi connectivity index (χ1) is 15.8. The molecule has 0 aromatic heterocycles. The highest BCUT2D eigenvalue weighted by molar-refractivity contribution is 7.89. The first-order valence-corrected chi connectivity index (χ1v) is 11.7. The third kappa shape index (κ3) is 5.71. The molecule has 1 aliphatic rings. The predicted octanol–water partition coefficient (Wildman–Crippen LogP) is 1.35. The number of nitrogens with one attached hydrogen (secondary N) is 2. The van der Waals surface area contributed by atoms with Crippen LogP contribution in [0.3, 0.4) is 0 Å². The highest BCUT2D eigenvalue weighted by Gasteiger charge is 2.37. The van der Waals surface area contributed by atoms with E-state index in [-0.39, 0.29) is 35.8 Å². The van der Waals surface area contributed by atoms with Gasteiger partial charge in [0.05, 0.1) is 25.2 Å². The molecular weight excluding hydrogens is 446 g/mol. The molecule has 0 aliphatic carbocycles. The maximum atomic E-state index is 12.7. The summed E-state index contributed by atoms with van der Waals surface area (Å²) in [6.07, 6.45) is 1.74. The summed E-state index contributed by atoms with van der Waals surface area (Å²) in [7, 11) is -0.552. The SMILES string of the molecule is C=CC(=O)NC1CN(S(=O)(=O)c2ccc(C(=O)NCCc3ccc(OC)c(OC)c3)cc2)C1. The number of hydrogen-bond donors (Lipinski definition) is 2. The number of amides is 2. The van der Waals surface area contributed by atoms with Crippen molar-refractivity contribution < 1.29 is 27.5 Å². The van der Waals surface area contributed by atoms with Crippen LogP contribution in [0, 0.1) is 0 Å². The number of benzene rings is 2. The average molecular weight is 474 g/mol. The molecular formula is C23H27N3O6S. The highest BCUT2D eigenvalue weighted by atomic mass is 32.2. The average Bonchev–Trinajstić information content (AvgIpc) is 2.80. The third-order valence-electron chi connectivity index (χ3n) is 5.28. The van der Waals surface area contributed by atoms with E-state index in [4.69, 9.17) is 9.47 Å². The van der Waals surface area contributed by atoms with E-state index in [1.807, 2.05) is 18.2 Å².